The van der Waals surface area contributed by atoms with E-state index in [4.69, 9.17) is 15.2 Å². The van der Waals surface area contributed by atoms with E-state index in [1.807, 2.05) is 18.2 Å². The average molecular weight is 279 g/mol. The first-order chi connectivity index (χ1) is 9.22. The lowest BCUT2D eigenvalue weighted by molar-refractivity contribution is 0.354. The van der Waals surface area contributed by atoms with Crippen LogP contribution in [0.2, 0.25) is 0 Å². The number of methoxy groups -OCH3 is 2. The second-order valence-electron chi connectivity index (χ2n) is 3.37. The van der Waals surface area contributed by atoms with Gasteiger partial charge in [0.25, 0.3) is 0 Å². The van der Waals surface area contributed by atoms with Crippen molar-refractivity contribution in [3.63, 3.8) is 0 Å². The SMILES string of the molecule is C=CCSC(N)=N/N=C\c1cccc(OC)c1OC. The van der Waals surface area contributed by atoms with Gasteiger partial charge in [-0.1, -0.05) is 23.9 Å². The van der Waals surface area contributed by atoms with Gasteiger partial charge < -0.3 is 15.2 Å². The Labute approximate surface area is 117 Å². The predicted octanol–water partition coefficient (Wildman–Crippen LogP) is 2.27. The number of rotatable bonds is 6. The number of nitrogens with two attached hydrogens (primary N) is 1. The molecule has 2 N–H and O–H groups in total. The van der Waals surface area contributed by atoms with Gasteiger partial charge >= 0.3 is 0 Å². The quantitative estimate of drug-likeness (QED) is 0.375. The van der Waals surface area contributed by atoms with Crippen LogP contribution in [0, 0.1) is 0 Å². The smallest absolute Gasteiger partial charge is 0.180 e. The molecule has 1 aromatic carbocycles. The monoisotopic (exact) mass is 279 g/mol. The van der Waals surface area contributed by atoms with Crippen LogP contribution in [0.4, 0.5) is 0 Å². The van der Waals surface area contributed by atoms with Gasteiger partial charge in [-0.25, -0.2) is 0 Å². The fourth-order valence-corrected chi connectivity index (χ4v) is 1.73. The van der Waals surface area contributed by atoms with Crippen molar-refractivity contribution in [1.82, 2.24) is 0 Å². The number of ether oxygens (including phenoxy) is 2. The van der Waals surface area contributed by atoms with E-state index in [1.165, 1.54) is 11.8 Å². The Hall–Kier alpha value is -1.95. The Balaban J connectivity index is 2.84. The summed E-state index contributed by atoms with van der Waals surface area (Å²) in [6.07, 6.45) is 3.32. The Bertz CT molecular complexity index is 487. The van der Waals surface area contributed by atoms with Crippen LogP contribution in [-0.2, 0) is 0 Å². The Morgan fingerprint density at radius 2 is 2.21 bits per heavy atom. The first-order valence-electron chi connectivity index (χ1n) is 5.54. The second-order valence-corrected chi connectivity index (χ2v) is 4.41. The van der Waals surface area contributed by atoms with Crippen molar-refractivity contribution < 1.29 is 9.47 Å². The largest absolute Gasteiger partial charge is 0.493 e. The molecule has 102 valence electrons. The van der Waals surface area contributed by atoms with E-state index >= 15 is 0 Å². The van der Waals surface area contributed by atoms with E-state index in [0.717, 1.165) is 5.56 Å². The van der Waals surface area contributed by atoms with Crippen molar-refractivity contribution in [1.29, 1.82) is 0 Å². The molecule has 5 nitrogen and oxygen atoms in total. The first-order valence-corrected chi connectivity index (χ1v) is 6.52. The molecule has 0 heterocycles. The molecule has 6 heteroatoms. The standard InChI is InChI=1S/C13H17N3O2S/c1-4-8-19-13(14)16-15-9-10-6-5-7-11(17-2)12(10)18-3/h4-7,9H,1,8H2,2-3H3,(H2,14,16)/b15-9-. The predicted molar refractivity (Wildman–Crippen MR) is 81.4 cm³/mol. The molecular weight excluding hydrogens is 262 g/mol. The van der Waals surface area contributed by atoms with Crippen LogP contribution in [-0.4, -0.2) is 31.4 Å². The molecule has 0 aromatic heterocycles. The second kappa shape index (κ2) is 8.20. The zero-order valence-electron chi connectivity index (χ0n) is 11.0. The highest BCUT2D eigenvalue weighted by Crippen LogP contribution is 2.29. The van der Waals surface area contributed by atoms with Crippen LogP contribution in [0.5, 0.6) is 11.5 Å². The van der Waals surface area contributed by atoms with Crippen molar-refractivity contribution in [2.75, 3.05) is 20.0 Å². The molecule has 0 aliphatic heterocycles. The summed E-state index contributed by atoms with van der Waals surface area (Å²) in [5.41, 5.74) is 6.42. The number of para-hydroxylation sites is 1. The minimum Gasteiger partial charge on any atom is -0.493 e. The number of benzene rings is 1. The molecule has 1 aromatic rings. The summed E-state index contributed by atoms with van der Waals surface area (Å²) in [6, 6.07) is 5.52. The molecule has 0 aliphatic carbocycles. The van der Waals surface area contributed by atoms with E-state index in [0.29, 0.717) is 22.4 Å². The highest BCUT2D eigenvalue weighted by Gasteiger charge is 2.06. The molecule has 1 rings (SSSR count). The van der Waals surface area contributed by atoms with Crippen LogP contribution in [0.1, 0.15) is 5.56 Å². The minimum absolute atomic E-state index is 0.387. The lowest BCUT2D eigenvalue weighted by Gasteiger charge is -2.08. The highest BCUT2D eigenvalue weighted by atomic mass is 32.2. The van der Waals surface area contributed by atoms with Gasteiger partial charge in [0, 0.05) is 11.3 Å². The number of hydrogen-bond acceptors (Lipinski definition) is 5. The van der Waals surface area contributed by atoms with E-state index < -0.39 is 0 Å². The number of amidine groups is 1. The molecule has 0 bridgehead atoms. The highest BCUT2D eigenvalue weighted by molar-refractivity contribution is 8.13. The van der Waals surface area contributed by atoms with E-state index in [9.17, 15) is 0 Å². The van der Waals surface area contributed by atoms with Crippen LogP contribution < -0.4 is 15.2 Å². The molecule has 0 spiro atoms. The molecule has 0 aliphatic rings. The fourth-order valence-electron chi connectivity index (χ4n) is 1.33. The van der Waals surface area contributed by atoms with Crippen LogP contribution >= 0.6 is 11.8 Å². The zero-order chi connectivity index (χ0) is 14.1. The van der Waals surface area contributed by atoms with Gasteiger partial charge in [-0.05, 0) is 12.1 Å². The summed E-state index contributed by atoms with van der Waals surface area (Å²) in [4.78, 5) is 0. The molecule has 0 atom stereocenters. The summed E-state index contributed by atoms with van der Waals surface area (Å²) in [7, 11) is 3.16. The lowest BCUT2D eigenvalue weighted by Crippen LogP contribution is -2.05. The third-order valence-corrected chi connectivity index (χ3v) is 2.92. The van der Waals surface area contributed by atoms with E-state index in [2.05, 4.69) is 16.8 Å². The summed E-state index contributed by atoms with van der Waals surface area (Å²) in [5.74, 6) is 1.96. The minimum atomic E-state index is 0.387. The van der Waals surface area contributed by atoms with Gasteiger partial charge in [-0.3, -0.25) is 0 Å². The number of thioether (sulfide) groups is 1. The molecular formula is C13H17N3O2S. The normalized spacial score (nSPS) is 11.6. The summed E-state index contributed by atoms with van der Waals surface area (Å²) < 4.78 is 10.5. The van der Waals surface area contributed by atoms with Crippen molar-refractivity contribution in [2.45, 2.75) is 0 Å². The third-order valence-electron chi connectivity index (χ3n) is 2.14. The molecule has 0 amide bonds. The van der Waals surface area contributed by atoms with Gasteiger partial charge in [-0.2, -0.15) is 5.10 Å². The molecule has 0 fully saturated rings. The van der Waals surface area contributed by atoms with Gasteiger partial charge in [0.15, 0.2) is 16.7 Å². The van der Waals surface area contributed by atoms with Gasteiger partial charge in [0.2, 0.25) is 0 Å². The molecule has 0 saturated heterocycles. The Morgan fingerprint density at radius 1 is 1.42 bits per heavy atom. The van der Waals surface area contributed by atoms with Crippen LogP contribution in [0.3, 0.4) is 0 Å². The molecule has 0 unspecified atom stereocenters. The van der Waals surface area contributed by atoms with Crippen molar-refractivity contribution in [3.8, 4) is 11.5 Å². The van der Waals surface area contributed by atoms with Crippen molar-refractivity contribution in [2.24, 2.45) is 15.9 Å². The maximum Gasteiger partial charge on any atom is 0.180 e. The maximum atomic E-state index is 5.65. The molecule has 19 heavy (non-hydrogen) atoms. The lowest BCUT2D eigenvalue weighted by atomic mass is 10.2. The number of nitrogens with zero attached hydrogens (tertiary/aromatic N) is 2. The molecule has 0 saturated carbocycles. The topological polar surface area (TPSA) is 69.2 Å². The van der Waals surface area contributed by atoms with Crippen LogP contribution in [0.15, 0.2) is 41.1 Å². The molecule has 0 radical (unpaired) electrons. The third kappa shape index (κ3) is 4.67. The van der Waals surface area contributed by atoms with E-state index in [1.54, 1.807) is 26.5 Å². The summed E-state index contributed by atoms with van der Waals surface area (Å²) in [6.45, 7) is 3.60. The zero-order valence-corrected chi connectivity index (χ0v) is 11.8. The Morgan fingerprint density at radius 3 is 2.84 bits per heavy atom. The van der Waals surface area contributed by atoms with Crippen molar-refractivity contribution >= 4 is 23.1 Å². The Kier molecular flexibility index (Phi) is 6.52. The van der Waals surface area contributed by atoms with Gasteiger partial charge in [0.1, 0.15) is 0 Å². The maximum absolute atomic E-state index is 5.65. The summed E-state index contributed by atoms with van der Waals surface area (Å²) in [5, 5.41) is 8.18. The van der Waals surface area contributed by atoms with Gasteiger partial charge in [0.05, 0.1) is 20.4 Å². The number of hydrogen-bond donors (Lipinski definition) is 1. The van der Waals surface area contributed by atoms with Crippen molar-refractivity contribution in [3.05, 3.63) is 36.4 Å². The first kappa shape index (κ1) is 15.1. The fraction of sp³-hybridized carbons (Fsp3) is 0.231. The van der Waals surface area contributed by atoms with Gasteiger partial charge in [-0.15, -0.1) is 11.7 Å². The van der Waals surface area contributed by atoms with Crippen LogP contribution in [0.25, 0.3) is 0 Å². The average Bonchev–Trinajstić information content (AvgIpc) is 2.44. The summed E-state index contributed by atoms with van der Waals surface area (Å²) >= 11 is 1.37. The van der Waals surface area contributed by atoms with E-state index in [-0.39, 0.29) is 0 Å².